The van der Waals surface area contributed by atoms with Gasteiger partial charge in [-0.3, -0.25) is 4.68 Å². The Balaban J connectivity index is 2.74. The van der Waals surface area contributed by atoms with Crippen LogP contribution in [0.5, 0.6) is 0 Å². The van der Waals surface area contributed by atoms with E-state index >= 15 is 0 Å². The van der Waals surface area contributed by atoms with Crippen LogP contribution in [0.3, 0.4) is 0 Å². The third-order valence-electron chi connectivity index (χ3n) is 2.95. The summed E-state index contributed by atoms with van der Waals surface area (Å²) in [5.74, 6) is 0. The highest BCUT2D eigenvalue weighted by Crippen LogP contribution is 2.21. The van der Waals surface area contributed by atoms with Crippen molar-refractivity contribution >= 4 is 0 Å². The number of rotatable bonds is 7. The van der Waals surface area contributed by atoms with Crippen LogP contribution in [0, 0.1) is 6.92 Å². The van der Waals surface area contributed by atoms with Crippen LogP contribution in [-0.4, -0.2) is 16.3 Å². The molecule has 0 amide bonds. The maximum Gasteiger partial charge on any atom is 0.0540 e. The molecule has 0 aromatic carbocycles. The highest BCUT2D eigenvalue weighted by atomic mass is 15.3. The third kappa shape index (κ3) is 3.20. The minimum atomic E-state index is 0.409. The monoisotopic (exact) mass is 221 g/mol. The van der Waals surface area contributed by atoms with Crippen molar-refractivity contribution in [2.24, 2.45) is 7.05 Å². The van der Waals surface area contributed by atoms with Crippen molar-refractivity contribution in [3.63, 3.8) is 0 Å². The number of nitrogens with one attached hydrogen (secondary N) is 1. The van der Waals surface area contributed by atoms with Crippen LogP contribution in [0.1, 0.15) is 43.5 Å². The Morgan fingerprint density at radius 1 is 1.62 bits per heavy atom. The van der Waals surface area contributed by atoms with Crippen LogP contribution in [0.15, 0.2) is 18.9 Å². The summed E-state index contributed by atoms with van der Waals surface area (Å²) in [7, 11) is 1.99. The largest absolute Gasteiger partial charge is 0.310 e. The van der Waals surface area contributed by atoms with Crippen LogP contribution >= 0.6 is 0 Å². The Morgan fingerprint density at radius 2 is 2.38 bits per heavy atom. The molecule has 3 nitrogen and oxygen atoms in total. The summed E-state index contributed by atoms with van der Waals surface area (Å²) in [6.07, 6.45) is 7.24. The summed E-state index contributed by atoms with van der Waals surface area (Å²) in [4.78, 5) is 0. The van der Waals surface area contributed by atoms with E-state index in [1.807, 2.05) is 24.0 Å². The highest BCUT2D eigenvalue weighted by molar-refractivity contribution is 5.20. The number of aryl methyl sites for hydroxylation is 1. The molecule has 0 spiro atoms. The van der Waals surface area contributed by atoms with Crippen LogP contribution in [-0.2, 0) is 7.05 Å². The Bertz CT molecular complexity index is 328. The summed E-state index contributed by atoms with van der Waals surface area (Å²) in [5, 5.41) is 7.88. The molecular weight excluding hydrogens is 198 g/mol. The predicted molar refractivity (Wildman–Crippen MR) is 68.4 cm³/mol. The van der Waals surface area contributed by atoms with Gasteiger partial charge in [-0.2, -0.15) is 5.10 Å². The molecule has 0 aliphatic heterocycles. The molecular formula is C13H23N3. The molecule has 1 heterocycles. The van der Waals surface area contributed by atoms with Crippen molar-refractivity contribution in [2.45, 2.75) is 39.2 Å². The maximum absolute atomic E-state index is 4.30. The summed E-state index contributed by atoms with van der Waals surface area (Å²) in [6.45, 7) is 9.15. The van der Waals surface area contributed by atoms with Crippen molar-refractivity contribution in [3.8, 4) is 0 Å². The molecule has 1 N–H and O–H groups in total. The van der Waals surface area contributed by atoms with E-state index in [0.717, 1.165) is 25.8 Å². The van der Waals surface area contributed by atoms with Gasteiger partial charge in [-0.05, 0) is 32.7 Å². The molecule has 1 rings (SSSR count). The molecule has 0 saturated heterocycles. The van der Waals surface area contributed by atoms with Gasteiger partial charge >= 0.3 is 0 Å². The fourth-order valence-electron chi connectivity index (χ4n) is 1.83. The molecule has 0 aliphatic rings. The average molecular weight is 221 g/mol. The topological polar surface area (TPSA) is 29.9 Å². The number of hydrogen-bond donors (Lipinski definition) is 1. The van der Waals surface area contributed by atoms with Gasteiger partial charge < -0.3 is 5.32 Å². The van der Waals surface area contributed by atoms with E-state index in [9.17, 15) is 0 Å². The van der Waals surface area contributed by atoms with Gasteiger partial charge in [-0.25, -0.2) is 0 Å². The van der Waals surface area contributed by atoms with Crippen LogP contribution in [0.2, 0.25) is 0 Å². The molecule has 0 aliphatic carbocycles. The third-order valence-corrected chi connectivity index (χ3v) is 2.95. The highest BCUT2D eigenvalue weighted by Gasteiger charge is 2.14. The number of allylic oxidation sites excluding steroid dienone is 1. The first-order chi connectivity index (χ1) is 7.70. The number of nitrogens with zero attached hydrogens (tertiary/aromatic N) is 2. The standard InChI is InChI=1S/C13H23N3/c1-5-7-8-13(14-9-6-2)12-10-15-16(4)11(12)3/h5,10,13-14H,1,6-9H2,2-4H3. The Hall–Kier alpha value is -1.09. The average Bonchev–Trinajstić information content (AvgIpc) is 2.61. The van der Waals surface area contributed by atoms with Crippen LogP contribution in [0.25, 0.3) is 0 Å². The predicted octanol–water partition coefficient (Wildman–Crippen LogP) is 2.74. The van der Waals surface area contributed by atoms with Crippen molar-refractivity contribution in [3.05, 3.63) is 30.1 Å². The minimum Gasteiger partial charge on any atom is -0.310 e. The first kappa shape index (κ1) is 13.0. The fraction of sp³-hybridized carbons (Fsp3) is 0.615. The summed E-state index contributed by atoms with van der Waals surface area (Å²) in [5.41, 5.74) is 2.57. The summed E-state index contributed by atoms with van der Waals surface area (Å²) in [6, 6.07) is 0.409. The van der Waals surface area contributed by atoms with Gasteiger partial charge in [0, 0.05) is 24.3 Å². The summed E-state index contributed by atoms with van der Waals surface area (Å²) >= 11 is 0. The fourth-order valence-corrected chi connectivity index (χ4v) is 1.83. The lowest BCUT2D eigenvalue weighted by Gasteiger charge is -2.17. The maximum atomic E-state index is 4.30. The molecule has 0 saturated carbocycles. The van der Waals surface area contributed by atoms with E-state index < -0.39 is 0 Å². The number of aromatic nitrogens is 2. The zero-order chi connectivity index (χ0) is 12.0. The molecule has 1 aromatic rings. The van der Waals surface area contributed by atoms with E-state index in [1.54, 1.807) is 0 Å². The molecule has 0 fully saturated rings. The van der Waals surface area contributed by atoms with Crippen molar-refractivity contribution in [1.82, 2.24) is 15.1 Å². The minimum absolute atomic E-state index is 0.409. The zero-order valence-electron chi connectivity index (χ0n) is 10.7. The molecule has 1 aromatic heterocycles. The second-order valence-corrected chi connectivity index (χ2v) is 4.18. The van der Waals surface area contributed by atoms with E-state index in [4.69, 9.17) is 0 Å². The van der Waals surface area contributed by atoms with Gasteiger partial charge in [0.05, 0.1) is 6.20 Å². The Morgan fingerprint density at radius 3 is 2.88 bits per heavy atom. The molecule has 0 bridgehead atoms. The second-order valence-electron chi connectivity index (χ2n) is 4.18. The van der Waals surface area contributed by atoms with Crippen molar-refractivity contribution in [1.29, 1.82) is 0 Å². The van der Waals surface area contributed by atoms with Crippen LogP contribution < -0.4 is 5.32 Å². The first-order valence-electron chi connectivity index (χ1n) is 6.03. The van der Waals surface area contributed by atoms with E-state index in [-0.39, 0.29) is 0 Å². The normalized spacial score (nSPS) is 12.7. The SMILES string of the molecule is C=CCCC(NCCC)c1cnn(C)c1C. The smallest absolute Gasteiger partial charge is 0.0540 e. The zero-order valence-corrected chi connectivity index (χ0v) is 10.7. The van der Waals surface area contributed by atoms with Crippen molar-refractivity contribution in [2.75, 3.05) is 6.54 Å². The van der Waals surface area contributed by atoms with Gasteiger partial charge in [0.25, 0.3) is 0 Å². The quantitative estimate of drug-likeness (QED) is 0.717. The van der Waals surface area contributed by atoms with Gasteiger partial charge in [-0.1, -0.05) is 13.0 Å². The van der Waals surface area contributed by atoms with Gasteiger partial charge in [0.2, 0.25) is 0 Å². The van der Waals surface area contributed by atoms with Gasteiger partial charge in [0.15, 0.2) is 0 Å². The van der Waals surface area contributed by atoms with Crippen molar-refractivity contribution < 1.29 is 0 Å². The van der Waals surface area contributed by atoms with E-state index in [2.05, 4.69) is 30.8 Å². The lowest BCUT2D eigenvalue weighted by atomic mass is 10.0. The van der Waals surface area contributed by atoms with Crippen LogP contribution in [0.4, 0.5) is 0 Å². The summed E-state index contributed by atoms with van der Waals surface area (Å²) < 4.78 is 1.93. The molecule has 1 atom stereocenters. The van der Waals surface area contributed by atoms with Gasteiger partial charge in [-0.15, -0.1) is 6.58 Å². The Kier molecular flexibility index (Phi) is 5.26. The molecule has 0 radical (unpaired) electrons. The molecule has 3 heteroatoms. The molecule has 90 valence electrons. The van der Waals surface area contributed by atoms with E-state index in [1.165, 1.54) is 11.3 Å². The first-order valence-corrected chi connectivity index (χ1v) is 6.03. The molecule has 16 heavy (non-hydrogen) atoms. The molecule has 1 unspecified atom stereocenters. The number of hydrogen-bond acceptors (Lipinski definition) is 2. The Labute approximate surface area is 98.5 Å². The van der Waals surface area contributed by atoms with Gasteiger partial charge in [0.1, 0.15) is 0 Å². The van der Waals surface area contributed by atoms with E-state index in [0.29, 0.717) is 6.04 Å². The lowest BCUT2D eigenvalue weighted by Crippen LogP contribution is -2.22. The second kappa shape index (κ2) is 6.48. The lowest BCUT2D eigenvalue weighted by molar-refractivity contribution is 0.500.